The van der Waals surface area contributed by atoms with Crippen molar-refractivity contribution in [3.05, 3.63) is 70.2 Å². The van der Waals surface area contributed by atoms with E-state index in [1.165, 1.54) is 6.07 Å². The van der Waals surface area contributed by atoms with E-state index < -0.39 is 23.3 Å². The molecule has 3 aliphatic rings. The zero-order valence-electron chi connectivity index (χ0n) is 18.4. The number of anilines is 1. The third-order valence-electron chi connectivity index (χ3n) is 6.70. The van der Waals surface area contributed by atoms with Crippen LogP contribution in [0, 0.1) is 6.92 Å². The van der Waals surface area contributed by atoms with Crippen molar-refractivity contribution in [2.45, 2.75) is 44.4 Å². The largest absolute Gasteiger partial charge is 0.416 e. The van der Waals surface area contributed by atoms with Crippen LogP contribution in [0.15, 0.2) is 63.7 Å². The smallest absolute Gasteiger partial charge is 0.362 e. The maximum Gasteiger partial charge on any atom is 0.416 e. The molecule has 0 fully saturated rings. The number of amides is 1. The topological polar surface area (TPSA) is 74.9 Å². The van der Waals surface area contributed by atoms with E-state index in [0.29, 0.717) is 47.6 Å². The molecule has 2 unspecified atom stereocenters. The number of carbonyl (C=O) groups is 1. The molecular weight excluding hydrogens is 433 g/mol. The van der Waals surface area contributed by atoms with Gasteiger partial charge in [0.2, 0.25) is 0 Å². The fourth-order valence-corrected chi connectivity index (χ4v) is 5.27. The molecule has 1 aromatic heterocycles. The first-order valence-electron chi connectivity index (χ1n) is 10.8. The van der Waals surface area contributed by atoms with Crippen LogP contribution < -0.4 is 10.2 Å². The number of hydrogen-bond donors (Lipinski definition) is 1. The summed E-state index contributed by atoms with van der Waals surface area (Å²) in [4.78, 5) is 15.6. The molecule has 0 aliphatic carbocycles. The Morgan fingerprint density at radius 2 is 2.09 bits per heavy atom. The molecule has 33 heavy (non-hydrogen) atoms. The average Bonchev–Trinajstić information content (AvgIpc) is 3.38. The fourth-order valence-electron chi connectivity index (χ4n) is 5.27. The number of alkyl halides is 3. The van der Waals surface area contributed by atoms with E-state index in [1.54, 1.807) is 28.9 Å². The predicted octanol–water partition coefficient (Wildman–Crippen LogP) is 4.37. The van der Waals surface area contributed by atoms with Crippen molar-refractivity contribution >= 4 is 11.7 Å². The molecule has 4 heterocycles. The van der Waals surface area contributed by atoms with Gasteiger partial charge in [-0.25, -0.2) is 0 Å². The molecule has 1 N–H and O–H groups in total. The lowest BCUT2D eigenvalue weighted by atomic mass is 9.62. The second-order valence-corrected chi connectivity index (χ2v) is 8.57. The van der Waals surface area contributed by atoms with Crippen LogP contribution >= 0.6 is 0 Å². The molecule has 3 aliphatic heterocycles. The highest BCUT2D eigenvalue weighted by atomic mass is 19.4. The average molecular weight is 456 g/mol. The molecule has 10 heteroatoms. The number of hydrogen-bond acceptors (Lipinski definition) is 5. The maximum absolute atomic E-state index is 14.0. The Morgan fingerprint density at radius 1 is 1.30 bits per heavy atom. The second kappa shape index (κ2) is 7.29. The highest BCUT2D eigenvalue weighted by Gasteiger charge is 2.53. The number of halogens is 3. The van der Waals surface area contributed by atoms with Gasteiger partial charge in [-0.1, -0.05) is 25.1 Å². The van der Waals surface area contributed by atoms with Crippen molar-refractivity contribution in [2.75, 3.05) is 11.4 Å². The lowest BCUT2D eigenvalue weighted by Crippen LogP contribution is -2.54. The number of nitrogens with zero attached hydrogens (tertiary/aromatic N) is 5. The number of aryl methyl sites for hydroxylation is 2. The summed E-state index contributed by atoms with van der Waals surface area (Å²) >= 11 is 0. The third kappa shape index (κ3) is 3.11. The summed E-state index contributed by atoms with van der Waals surface area (Å²) in [7, 11) is 1.79. The van der Waals surface area contributed by atoms with Gasteiger partial charge in [0, 0.05) is 43.0 Å². The minimum absolute atomic E-state index is 0.268. The van der Waals surface area contributed by atoms with Gasteiger partial charge in [-0.15, -0.1) is 0 Å². The molecule has 1 amide bonds. The van der Waals surface area contributed by atoms with Crippen LogP contribution in [0.4, 0.5) is 19.0 Å². The van der Waals surface area contributed by atoms with E-state index in [1.807, 2.05) is 20.0 Å². The van der Waals surface area contributed by atoms with Crippen LogP contribution in [0.5, 0.6) is 0 Å². The zero-order valence-corrected chi connectivity index (χ0v) is 18.4. The van der Waals surface area contributed by atoms with E-state index in [4.69, 9.17) is 0 Å². The minimum atomic E-state index is -4.50. The number of fused-ring (bicyclic) bond motifs is 1. The van der Waals surface area contributed by atoms with Gasteiger partial charge >= 0.3 is 6.18 Å². The molecule has 5 rings (SSSR count). The van der Waals surface area contributed by atoms with Crippen molar-refractivity contribution in [3.8, 4) is 0 Å². The summed E-state index contributed by atoms with van der Waals surface area (Å²) in [6.07, 6.45) is -0.710. The predicted molar refractivity (Wildman–Crippen MR) is 115 cm³/mol. The molecule has 2 aromatic rings. The molecule has 0 saturated carbocycles. The Kier molecular flexibility index (Phi) is 4.73. The Bertz CT molecular complexity index is 1240. The number of aromatic nitrogens is 2. The van der Waals surface area contributed by atoms with Crippen molar-refractivity contribution in [3.63, 3.8) is 0 Å². The summed E-state index contributed by atoms with van der Waals surface area (Å²) < 4.78 is 42.5. The van der Waals surface area contributed by atoms with E-state index in [9.17, 15) is 18.0 Å². The Balaban J connectivity index is 1.72. The third-order valence-corrected chi connectivity index (χ3v) is 6.70. The molecule has 172 valence electrons. The number of rotatable bonds is 3. The van der Waals surface area contributed by atoms with E-state index >= 15 is 0 Å². The summed E-state index contributed by atoms with van der Waals surface area (Å²) in [6.45, 7) is 4.17. The molecule has 0 bridgehead atoms. The maximum atomic E-state index is 14.0. The molecule has 0 saturated heterocycles. The molecule has 2 atom stereocenters. The highest BCUT2D eigenvalue weighted by Crippen LogP contribution is 2.52. The standard InChI is InChI=1S/C23H23F3N6O/c1-4-22(14-6-5-7-15(10-14)23(24,25)26)16-11-27-29-19(16)28-17-8-9-32(21(33)18(17)22)20-13(2)12-31(3)30-20/h5-7,10-12,19,28H,4,8-9H2,1-3H3. The van der Waals surface area contributed by atoms with Crippen LogP contribution in [-0.4, -0.2) is 28.4 Å². The van der Waals surface area contributed by atoms with Crippen LogP contribution in [0.3, 0.4) is 0 Å². The van der Waals surface area contributed by atoms with Gasteiger partial charge in [-0.05, 0) is 25.0 Å². The van der Waals surface area contributed by atoms with Gasteiger partial charge in [0.25, 0.3) is 5.91 Å². The molecular formula is C23H23F3N6O. The minimum Gasteiger partial charge on any atom is -0.362 e. The molecule has 1 aromatic carbocycles. The van der Waals surface area contributed by atoms with Crippen LogP contribution in [-0.2, 0) is 23.4 Å². The van der Waals surface area contributed by atoms with Crippen LogP contribution in [0.1, 0.15) is 36.5 Å². The zero-order chi connectivity index (χ0) is 23.5. The van der Waals surface area contributed by atoms with Gasteiger partial charge in [0.1, 0.15) is 0 Å². The van der Waals surface area contributed by atoms with Gasteiger partial charge in [-0.3, -0.25) is 14.4 Å². The molecule has 0 spiro atoms. The van der Waals surface area contributed by atoms with Crippen LogP contribution in [0.25, 0.3) is 0 Å². The van der Waals surface area contributed by atoms with Crippen molar-refractivity contribution in [1.82, 2.24) is 15.1 Å². The van der Waals surface area contributed by atoms with Crippen LogP contribution in [0.2, 0.25) is 0 Å². The van der Waals surface area contributed by atoms with Crippen molar-refractivity contribution < 1.29 is 18.0 Å². The van der Waals surface area contributed by atoms with E-state index in [2.05, 4.69) is 20.6 Å². The number of benzene rings is 1. The Morgan fingerprint density at radius 3 is 2.76 bits per heavy atom. The van der Waals surface area contributed by atoms with Crippen molar-refractivity contribution in [2.24, 2.45) is 17.3 Å². The van der Waals surface area contributed by atoms with Crippen molar-refractivity contribution in [1.29, 1.82) is 0 Å². The molecule has 7 nitrogen and oxygen atoms in total. The first-order chi connectivity index (χ1) is 15.7. The highest BCUT2D eigenvalue weighted by molar-refractivity contribution is 6.09. The normalized spacial score (nSPS) is 24.5. The quantitative estimate of drug-likeness (QED) is 0.746. The lowest BCUT2D eigenvalue weighted by Gasteiger charge is -2.47. The molecule has 0 radical (unpaired) electrons. The summed E-state index contributed by atoms with van der Waals surface area (Å²) in [5, 5.41) is 16.0. The number of carbonyl (C=O) groups excluding carboxylic acids is 1. The monoisotopic (exact) mass is 456 g/mol. The van der Waals surface area contributed by atoms with Gasteiger partial charge < -0.3 is 5.32 Å². The first kappa shape index (κ1) is 21.4. The fraction of sp³-hybridized carbons (Fsp3) is 0.391. The first-order valence-corrected chi connectivity index (χ1v) is 10.8. The number of azo groups is 1. The SMILES string of the molecule is CCC1(c2cccc(C(F)(F)F)c2)C2=CN=NC2NC2=C1C(=O)N(c1nn(C)cc1C)CC2. The van der Waals surface area contributed by atoms with Gasteiger partial charge in [0.05, 0.1) is 22.8 Å². The van der Waals surface area contributed by atoms with E-state index in [0.717, 1.165) is 17.7 Å². The Labute approximate surface area is 188 Å². The van der Waals surface area contributed by atoms with Gasteiger partial charge in [0.15, 0.2) is 12.0 Å². The lowest BCUT2D eigenvalue weighted by molar-refractivity contribution is -0.137. The summed E-state index contributed by atoms with van der Waals surface area (Å²) in [5.41, 5.74) is 1.24. The van der Waals surface area contributed by atoms with Gasteiger partial charge in [-0.2, -0.15) is 28.5 Å². The summed E-state index contributed by atoms with van der Waals surface area (Å²) in [6, 6.07) is 5.24. The number of nitrogens with one attached hydrogen (secondary N) is 1. The second-order valence-electron chi connectivity index (χ2n) is 8.57. The Hall–Kier alpha value is -3.43. The summed E-state index contributed by atoms with van der Waals surface area (Å²) in [5.74, 6) is 0.288. The van der Waals surface area contributed by atoms with E-state index in [-0.39, 0.29) is 5.91 Å².